The van der Waals surface area contributed by atoms with Gasteiger partial charge in [0.1, 0.15) is 0 Å². The Morgan fingerprint density at radius 1 is 1.21 bits per heavy atom. The lowest BCUT2D eigenvalue weighted by Crippen LogP contribution is -1.83. The van der Waals surface area contributed by atoms with Gasteiger partial charge in [0.2, 0.25) is 5.95 Å². The van der Waals surface area contributed by atoms with Crippen LogP contribution in [0, 0.1) is 5.95 Å². The van der Waals surface area contributed by atoms with Crippen LogP contribution in [0.3, 0.4) is 0 Å². The molecule has 1 N–H and O–H groups in total. The summed E-state index contributed by atoms with van der Waals surface area (Å²) in [6.45, 7) is 0. The van der Waals surface area contributed by atoms with Gasteiger partial charge in [-0.3, -0.25) is 5.10 Å². The van der Waals surface area contributed by atoms with Crippen LogP contribution >= 0.6 is 23.2 Å². The summed E-state index contributed by atoms with van der Waals surface area (Å²) in [5, 5.41) is 6.55. The molecular formula is C9H5Cl2FN2. The molecule has 0 saturated carbocycles. The first-order valence-electron chi connectivity index (χ1n) is 3.83. The Labute approximate surface area is 89.7 Å². The van der Waals surface area contributed by atoms with E-state index in [-0.39, 0.29) is 5.56 Å². The van der Waals surface area contributed by atoms with E-state index in [0.29, 0.717) is 15.6 Å². The van der Waals surface area contributed by atoms with Crippen molar-refractivity contribution >= 4 is 23.2 Å². The van der Waals surface area contributed by atoms with Crippen LogP contribution in [-0.2, 0) is 0 Å². The summed E-state index contributed by atoms with van der Waals surface area (Å²) < 4.78 is 13.2. The highest BCUT2D eigenvalue weighted by Crippen LogP contribution is 2.34. The van der Waals surface area contributed by atoms with E-state index in [2.05, 4.69) is 10.2 Å². The molecule has 5 heteroatoms. The fourth-order valence-electron chi connectivity index (χ4n) is 1.20. The zero-order chi connectivity index (χ0) is 10.1. The summed E-state index contributed by atoms with van der Waals surface area (Å²) in [5.74, 6) is -0.542. The van der Waals surface area contributed by atoms with E-state index in [9.17, 15) is 4.39 Å². The van der Waals surface area contributed by atoms with E-state index < -0.39 is 5.95 Å². The second-order valence-electron chi connectivity index (χ2n) is 2.69. The zero-order valence-electron chi connectivity index (χ0n) is 6.89. The summed E-state index contributed by atoms with van der Waals surface area (Å²) in [6.07, 6.45) is 1.35. The van der Waals surface area contributed by atoms with Gasteiger partial charge < -0.3 is 0 Å². The lowest BCUT2D eigenvalue weighted by molar-refractivity contribution is 0.582. The van der Waals surface area contributed by atoms with Gasteiger partial charge in [0.15, 0.2) is 0 Å². The van der Waals surface area contributed by atoms with Crippen molar-refractivity contribution in [2.24, 2.45) is 0 Å². The average Bonchev–Trinajstić information content (AvgIpc) is 2.52. The minimum absolute atomic E-state index is 0.278. The topological polar surface area (TPSA) is 28.7 Å². The zero-order valence-corrected chi connectivity index (χ0v) is 8.40. The van der Waals surface area contributed by atoms with Gasteiger partial charge in [-0.2, -0.15) is 9.49 Å². The molecule has 0 radical (unpaired) electrons. The maximum atomic E-state index is 13.2. The Hall–Kier alpha value is -1.06. The first-order valence-corrected chi connectivity index (χ1v) is 4.59. The summed E-state index contributed by atoms with van der Waals surface area (Å²) in [7, 11) is 0. The lowest BCUT2D eigenvalue weighted by atomic mass is 10.1. The first kappa shape index (κ1) is 9.49. The molecule has 0 spiro atoms. The molecule has 1 aromatic heterocycles. The molecule has 0 atom stereocenters. The second kappa shape index (κ2) is 3.59. The molecule has 0 bridgehead atoms. The molecule has 1 aromatic carbocycles. The van der Waals surface area contributed by atoms with Crippen LogP contribution < -0.4 is 0 Å². The number of hydrogen-bond donors (Lipinski definition) is 1. The molecular weight excluding hydrogens is 226 g/mol. The molecule has 0 amide bonds. The number of nitrogens with one attached hydrogen (secondary N) is 1. The van der Waals surface area contributed by atoms with Crippen LogP contribution in [0.15, 0.2) is 24.4 Å². The van der Waals surface area contributed by atoms with Gasteiger partial charge in [-0.25, -0.2) is 0 Å². The fourth-order valence-corrected chi connectivity index (χ4v) is 1.80. The third-order valence-corrected chi connectivity index (χ3v) is 2.45. The van der Waals surface area contributed by atoms with Gasteiger partial charge in [0, 0.05) is 5.56 Å². The number of nitrogens with zero attached hydrogens (tertiary/aromatic N) is 1. The lowest BCUT2D eigenvalue weighted by Gasteiger charge is -2.03. The van der Waals surface area contributed by atoms with Crippen LogP contribution in [0.2, 0.25) is 10.0 Å². The Balaban J connectivity index is 2.68. The van der Waals surface area contributed by atoms with Crippen molar-refractivity contribution in [3.05, 3.63) is 40.4 Å². The highest BCUT2D eigenvalue weighted by atomic mass is 35.5. The third-order valence-electron chi connectivity index (χ3n) is 1.82. The Bertz CT molecular complexity index is 447. The smallest absolute Gasteiger partial charge is 0.216 e. The SMILES string of the molecule is Fc1[nH]ncc1-c1c(Cl)cccc1Cl. The highest BCUT2D eigenvalue weighted by molar-refractivity contribution is 6.39. The van der Waals surface area contributed by atoms with E-state index in [1.54, 1.807) is 18.2 Å². The van der Waals surface area contributed by atoms with Crippen molar-refractivity contribution in [1.82, 2.24) is 10.2 Å². The summed E-state index contributed by atoms with van der Waals surface area (Å²) in [4.78, 5) is 0. The number of hydrogen-bond acceptors (Lipinski definition) is 1. The van der Waals surface area contributed by atoms with Crippen molar-refractivity contribution < 1.29 is 4.39 Å². The molecule has 0 aliphatic rings. The van der Waals surface area contributed by atoms with Crippen LogP contribution in [0.1, 0.15) is 0 Å². The standard InChI is InChI=1S/C9H5Cl2FN2/c10-6-2-1-3-7(11)8(6)5-4-13-14-9(5)12/h1-4H,(H,13,14). The predicted molar refractivity (Wildman–Crippen MR) is 54.0 cm³/mol. The first-order chi connectivity index (χ1) is 6.70. The molecule has 2 rings (SSSR count). The molecule has 2 nitrogen and oxygen atoms in total. The van der Waals surface area contributed by atoms with Crippen LogP contribution in [0.4, 0.5) is 4.39 Å². The van der Waals surface area contributed by atoms with E-state index in [1.807, 2.05) is 0 Å². The normalized spacial score (nSPS) is 10.5. The van der Waals surface area contributed by atoms with Crippen molar-refractivity contribution in [2.45, 2.75) is 0 Å². The molecule has 0 aliphatic heterocycles. The number of aromatic nitrogens is 2. The van der Waals surface area contributed by atoms with Gasteiger partial charge in [0.25, 0.3) is 0 Å². The number of halogens is 3. The van der Waals surface area contributed by atoms with Gasteiger partial charge in [-0.05, 0) is 12.1 Å². The van der Waals surface area contributed by atoms with E-state index in [1.165, 1.54) is 6.20 Å². The molecule has 1 heterocycles. The Kier molecular flexibility index (Phi) is 2.44. The van der Waals surface area contributed by atoms with Gasteiger partial charge in [-0.15, -0.1) is 0 Å². The van der Waals surface area contributed by atoms with Crippen molar-refractivity contribution in [1.29, 1.82) is 0 Å². The summed E-state index contributed by atoms with van der Waals surface area (Å²) >= 11 is 11.8. The van der Waals surface area contributed by atoms with Crippen LogP contribution in [0.25, 0.3) is 11.1 Å². The number of benzene rings is 1. The van der Waals surface area contributed by atoms with E-state index >= 15 is 0 Å². The molecule has 0 saturated heterocycles. The quantitative estimate of drug-likeness (QED) is 0.798. The Morgan fingerprint density at radius 2 is 1.86 bits per heavy atom. The summed E-state index contributed by atoms with van der Waals surface area (Å²) in [6, 6.07) is 5.00. The van der Waals surface area contributed by atoms with Crippen molar-refractivity contribution in [3.8, 4) is 11.1 Å². The van der Waals surface area contributed by atoms with Crippen molar-refractivity contribution in [3.63, 3.8) is 0 Å². The van der Waals surface area contributed by atoms with E-state index in [0.717, 1.165) is 0 Å². The fraction of sp³-hybridized carbons (Fsp3) is 0. The minimum Gasteiger partial charge on any atom is -0.253 e. The molecule has 0 aliphatic carbocycles. The number of rotatable bonds is 1. The molecule has 0 fully saturated rings. The molecule has 2 aromatic rings. The highest BCUT2D eigenvalue weighted by Gasteiger charge is 2.13. The third kappa shape index (κ3) is 1.49. The Morgan fingerprint density at radius 3 is 2.36 bits per heavy atom. The largest absolute Gasteiger partial charge is 0.253 e. The number of aromatic amines is 1. The minimum atomic E-state index is -0.542. The predicted octanol–water partition coefficient (Wildman–Crippen LogP) is 3.52. The van der Waals surface area contributed by atoms with E-state index in [4.69, 9.17) is 23.2 Å². The maximum Gasteiger partial charge on any atom is 0.216 e. The monoisotopic (exact) mass is 230 g/mol. The van der Waals surface area contributed by atoms with Crippen LogP contribution in [-0.4, -0.2) is 10.2 Å². The van der Waals surface area contributed by atoms with Gasteiger partial charge in [-0.1, -0.05) is 29.3 Å². The molecule has 0 unspecified atom stereocenters. The van der Waals surface area contributed by atoms with Crippen LogP contribution in [0.5, 0.6) is 0 Å². The molecule has 14 heavy (non-hydrogen) atoms. The van der Waals surface area contributed by atoms with Crippen molar-refractivity contribution in [2.75, 3.05) is 0 Å². The number of H-pyrrole nitrogens is 1. The second-order valence-corrected chi connectivity index (χ2v) is 3.51. The average molecular weight is 231 g/mol. The maximum absolute atomic E-state index is 13.2. The summed E-state index contributed by atoms with van der Waals surface area (Å²) in [5.41, 5.74) is 0.739. The van der Waals surface area contributed by atoms with Gasteiger partial charge >= 0.3 is 0 Å². The van der Waals surface area contributed by atoms with Gasteiger partial charge in [0.05, 0.1) is 21.8 Å². The molecule has 72 valence electrons.